The molecule has 2 heteroatoms. The predicted octanol–water partition coefficient (Wildman–Crippen LogP) is 17.6. The first-order valence-corrected chi connectivity index (χ1v) is 23.9. The highest BCUT2D eigenvalue weighted by Gasteiger charge is 2.52. The number of hydrogen-bond acceptors (Lipinski definition) is 1. The standard InChI is InChI=1S/C67H44N2/c1-4-17-45(18-5-1)46-35-38-53(39-36-46)68(51-20-6-2-7-21-51)54-24-16-19-49(43-54)47-31-33-48(34-32-47)50-37-41-63-58(44-50)66-64(69(63)52-22-8-3-9-23-52)42-40-62-65(66)57-27-12-15-30-61(57)67(62)59-28-13-10-25-55(59)56-26-11-14-29-60(56)67/h1-44H. The quantitative estimate of drug-likeness (QED) is 0.155. The average molecular weight is 877 g/mol. The molecule has 0 saturated heterocycles. The molecule has 0 aliphatic heterocycles. The zero-order valence-electron chi connectivity index (χ0n) is 37.8. The summed E-state index contributed by atoms with van der Waals surface area (Å²) in [5.41, 5.74) is 24.3. The summed E-state index contributed by atoms with van der Waals surface area (Å²) in [5, 5.41) is 2.55. The van der Waals surface area contributed by atoms with Crippen molar-refractivity contribution in [1.29, 1.82) is 0 Å². The Bertz CT molecular complexity index is 3880. The smallest absolute Gasteiger partial charge is 0.0725 e. The van der Waals surface area contributed by atoms with E-state index in [1.807, 2.05) is 0 Å². The lowest BCUT2D eigenvalue weighted by atomic mass is 9.70. The van der Waals surface area contributed by atoms with Crippen LogP contribution in [0.25, 0.3) is 83.1 Å². The number of benzene rings is 11. The van der Waals surface area contributed by atoms with Crippen molar-refractivity contribution in [1.82, 2.24) is 4.57 Å². The summed E-state index contributed by atoms with van der Waals surface area (Å²) in [7, 11) is 0. The Kier molecular flexibility index (Phi) is 8.84. The van der Waals surface area contributed by atoms with E-state index in [1.165, 1.54) is 99.7 Å². The van der Waals surface area contributed by atoms with Crippen LogP contribution in [0.2, 0.25) is 0 Å². The molecule has 11 aromatic carbocycles. The van der Waals surface area contributed by atoms with Gasteiger partial charge >= 0.3 is 0 Å². The Morgan fingerprint density at radius 2 is 0.739 bits per heavy atom. The SMILES string of the molecule is c1ccc(-c2ccc(N(c3ccccc3)c3cccc(-c4ccc(-c5ccc6c(c5)c5c7c(ccc5n6-c5ccccc5)C5(c6ccccc6-c6ccccc65)c5ccccc5-7)cc4)c3)cc2)cc1. The van der Waals surface area contributed by atoms with Crippen molar-refractivity contribution in [2.24, 2.45) is 0 Å². The number of anilines is 3. The fourth-order valence-corrected chi connectivity index (χ4v) is 11.9. The highest BCUT2D eigenvalue weighted by Crippen LogP contribution is 2.64. The van der Waals surface area contributed by atoms with Crippen molar-refractivity contribution in [3.8, 4) is 61.3 Å². The van der Waals surface area contributed by atoms with Gasteiger partial charge in [0.15, 0.2) is 0 Å². The number of nitrogens with zero attached hydrogens (tertiary/aromatic N) is 2. The van der Waals surface area contributed by atoms with E-state index in [0.29, 0.717) is 0 Å². The first kappa shape index (κ1) is 39.2. The molecule has 0 saturated carbocycles. The summed E-state index contributed by atoms with van der Waals surface area (Å²) < 4.78 is 2.46. The molecule has 69 heavy (non-hydrogen) atoms. The van der Waals surface area contributed by atoms with Crippen LogP contribution in [0.3, 0.4) is 0 Å². The van der Waals surface area contributed by atoms with Gasteiger partial charge in [0.25, 0.3) is 0 Å². The van der Waals surface area contributed by atoms with Gasteiger partial charge in [-0.1, -0.05) is 200 Å². The minimum atomic E-state index is -0.412. The second kappa shape index (κ2) is 15.6. The Balaban J connectivity index is 0.896. The monoisotopic (exact) mass is 876 g/mol. The van der Waals surface area contributed by atoms with Crippen molar-refractivity contribution < 1.29 is 0 Å². The molecule has 12 aromatic rings. The molecule has 0 fully saturated rings. The number of hydrogen-bond donors (Lipinski definition) is 0. The van der Waals surface area contributed by atoms with Gasteiger partial charge in [0, 0.05) is 33.5 Å². The molecule has 322 valence electrons. The summed E-state index contributed by atoms with van der Waals surface area (Å²) in [5.74, 6) is 0. The normalized spacial score (nSPS) is 12.8. The van der Waals surface area contributed by atoms with Gasteiger partial charge < -0.3 is 9.47 Å². The first-order chi connectivity index (χ1) is 34.2. The molecule has 0 amide bonds. The molecule has 0 unspecified atom stereocenters. The minimum Gasteiger partial charge on any atom is -0.310 e. The zero-order chi connectivity index (χ0) is 45.5. The summed E-state index contributed by atoms with van der Waals surface area (Å²) in [6.45, 7) is 0. The second-order valence-electron chi connectivity index (χ2n) is 18.4. The van der Waals surface area contributed by atoms with Gasteiger partial charge in [-0.2, -0.15) is 0 Å². The number of para-hydroxylation sites is 2. The van der Waals surface area contributed by atoms with Gasteiger partial charge in [-0.05, 0) is 145 Å². The molecule has 2 nitrogen and oxygen atoms in total. The molecule has 1 heterocycles. The van der Waals surface area contributed by atoms with Crippen molar-refractivity contribution in [2.45, 2.75) is 5.41 Å². The van der Waals surface area contributed by atoms with Crippen LogP contribution < -0.4 is 4.90 Å². The highest BCUT2D eigenvalue weighted by molar-refractivity contribution is 6.19. The van der Waals surface area contributed by atoms with Crippen molar-refractivity contribution in [2.75, 3.05) is 4.90 Å². The summed E-state index contributed by atoms with van der Waals surface area (Å²) >= 11 is 0. The third-order valence-electron chi connectivity index (χ3n) is 14.8. The van der Waals surface area contributed by atoms with Crippen LogP contribution in [0.15, 0.2) is 267 Å². The lowest BCUT2D eigenvalue weighted by molar-refractivity contribution is 0.794. The Labute approximate surface area is 402 Å². The van der Waals surface area contributed by atoms with Crippen molar-refractivity contribution in [3.63, 3.8) is 0 Å². The summed E-state index contributed by atoms with van der Waals surface area (Å²) in [4.78, 5) is 2.34. The maximum Gasteiger partial charge on any atom is 0.0725 e. The van der Waals surface area contributed by atoms with Crippen LogP contribution in [0, 0.1) is 0 Å². The van der Waals surface area contributed by atoms with Crippen LogP contribution in [0.4, 0.5) is 17.1 Å². The molecular formula is C67H44N2. The van der Waals surface area contributed by atoms with E-state index in [9.17, 15) is 0 Å². The lowest BCUT2D eigenvalue weighted by Gasteiger charge is -2.30. The Morgan fingerprint density at radius 3 is 1.41 bits per heavy atom. The molecule has 14 rings (SSSR count). The third-order valence-corrected chi connectivity index (χ3v) is 14.8. The number of fused-ring (bicyclic) bond motifs is 14. The predicted molar refractivity (Wildman–Crippen MR) is 288 cm³/mol. The molecule has 2 aliphatic rings. The Morgan fingerprint density at radius 1 is 0.290 bits per heavy atom. The van der Waals surface area contributed by atoms with Crippen LogP contribution in [0.5, 0.6) is 0 Å². The van der Waals surface area contributed by atoms with Gasteiger partial charge in [-0.15, -0.1) is 0 Å². The molecule has 0 N–H and O–H groups in total. The van der Waals surface area contributed by atoms with E-state index < -0.39 is 5.41 Å². The summed E-state index contributed by atoms with van der Waals surface area (Å²) in [6.07, 6.45) is 0. The van der Waals surface area contributed by atoms with E-state index in [4.69, 9.17) is 0 Å². The third kappa shape index (κ3) is 5.92. The topological polar surface area (TPSA) is 8.17 Å². The van der Waals surface area contributed by atoms with Crippen LogP contribution >= 0.6 is 0 Å². The van der Waals surface area contributed by atoms with Crippen molar-refractivity contribution in [3.05, 3.63) is 289 Å². The highest BCUT2D eigenvalue weighted by atomic mass is 15.1. The van der Waals surface area contributed by atoms with Crippen LogP contribution in [0.1, 0.15) is 22.3 Å². The molecule has 0 radical (unpaired) electrons. The zero-order valence-corrected chi connectivity index (χ0v) is 37.8. The average Bonchev–Trinajstić information content (AvgIpc) is 4.04. The maximum absolute atomic E-state index is 2.46. The fourth-order valence-electron chi connectivity index (χ4n) is 11.9. The molecule has 1 aromatic heterocycles. The van der Waals surface area contributed by atoms with Crippen LogP contribution in [-0.2, 0) is 5.41 Å². The fraction of sp³-hybridized carbons (Fsp3) is 0.0149. The van der Waals surface area contributed by atoms with Crippen molar-refractivity contribution >= 4 is 38.9 Å². The van der Waals surface area contributed by atoms with Gasteiger partial charge in [0.2, 0.25) is 0 Å². The molecular weight excluding hydrogens is 833 g/mol. The van der Waals surface area contributed by atoms with Gasteiger partial charge in [0.1, 0.15) is 0 Å². The van der Waals surface area contributed by atoms with Crippen LogP contribution in [-0.4, -0.2) is 4.57 Å². The molecule has 2 aliphatic carbocycles. The van der Waals surface area contributed by atoms with E-state index in [2.05, 4.69) is 276 Å². The lowest BCUT2D eigenvalue weighted by Crippen LogP contribution is -2.25. The minimum absolute atomic E-state index is 0.412. The molecule has 0 bridgehead atoms. The molecule has 0 atom stereocenters. The second-order valence-corrected chi connectivity index (χ2v) is 18.4. The van der Waals surface area contributed by atoms with E-state index in [0.717, 1.165) is 22.7 Å². The van der Waals surface area contributed by atoms with Gasteiger partial charge in [-0.3, -0.25) is 0 Å². The van der Waals surface area contributed by atoms with E-state index in [1.54, 1.807) is 0 Å². The number of rotatable bonds is 7. The maximum atomic E-state index is 2.46. The summed E-state index contributed by atoms with van der Waals surface area (Å²) in [6, 6.07) is 98.2. The first-order valence-electron chi connectivity index (χ1n) is 23.9. The van der Waals surface area contributed by atoms with Gasteiger partial charge in [-0.25, -0.2) is 0 Å². The van der Waals surface area contributed by atoms with E-state index >= 15 is 0 Å². The van der Waals surface area contributed by atoms with E-state index in [-0.39, 0.29) is 0 Å². The largest absolute Gasteiger partial charge is 0.310 e. The Hall–Kier alpha value is -8.98. The van der Waals surface area contributed by atoms with Gasteiger partial charge in [0.05, 0.1) is 16.4 Å². The number of aromatic nitrogens is 1. The molecule has 1 spiro atoms.